The van der Waals surface area contributed by atoms with Crippen molar-refractivity contribution in [2.75, 3.05) is 6.61 Å². The first kappa shape index (κ1) is 24.3. The van der Waals surface area contributed by atoms with Gasteiger partial charge in [0.1, 0.15) is 0 Å². The molecule has 4 rings (SSSR count). The van der Waals surface area contributed by atoms with E-state index in [-0.39, 0.29) is 17.5 Å². The van der Waals surface area contributed by atoms with Crippen LogP contribution >= 0.6 is 0 Å². The van der Waals surface area contributed by atoms with Gasteiger partial charge in [-0.05, 0) is 42.9 Å². The standard InChI is InChI=1S/C27H28F4N2O/c1-3-5-17-15-32-26(33-16-17)19-8-6-18(7-9-19)21-11-12-22(25(29)24(21)28)23-13-10-20(34-4-2)14-27(23,30)31/h6-9,11-12,15-16,20,23H,3-5,10,13-14H2,1-2H3. The van der Waals surface area contributed by atoms with Crippen LogP contribution in [0.3, 0.4) is 0 Å². The summed E-state index contributed by atoms with van der Waals surface area (Å²) in [6, 6.07) is 9.44. The molecule has 0 saturated heterocycles. The molecule has 1 fully saturated rings. The average Bonchev–Trinajstić information content (AvgIpc) is 2.82. The van der Waals surface area contributed by atoms with Gasteiger partial charge in [0, 0.05) is 36.5 Å². The summed E-state index contributed by atoms with van der Waals surface area (Å²) < 4.78 is 64.9. The van der Waals surface area contributed by atoms with Crippen molar-refractivity contribution in [2.24, 2.45) is 0 Å². The normalized spacial score (nSPS) is 19.8. The first-order valence-corrected chi connectivity index (χ1v) is 11.7. The van der Waals surface area contributed by atoms with Crippen LogP contribution in [0.1, 0.15) is 56.6 Å². The molecule has 0 radical (unpaired) electrons. The van der Waals surface area contributed by atoms with E-state index in [9.17, 15) is 8.78 Å². The maximum absolute atomic E-state index is 15.0. The number of aromatic nitrogens is 2. The van der Waals surface area contributed by atoms with Crippen LogP contribution in [0.5, 0.6) is 0 Å². The summed E-state index contributed by atoms with van der Waals surface area (Å²) in [4.78, 5) is 8.74. The summed E-state index contributed by atoms with van der Waals surface area (Å²) in [6.45, 7) is 4.18. The number of benzene rings is 2. The van der Waals surface area contributed by atoms with E-state index in [1.165, 1.54) is 12.1 Å². The highest BCUT2D eigenvalue weighted by Crippen LogP contribution is 2.47. The Labute approximate surface area is 197 Å². The Kier molecular flexibility index (Phi) is 7.31. The highest BCUT2D eigenvalue weighted by atomic mass is 19.3. The molecule has 0 bridgehead atoms. The molecule has 1 saturated carbocycles. The number of rotatable bonds is 7. The first-order chi connectivity index (χ1) is 16.3. The van der Waals surface area contributed by atoms with E-state index in [2.05, 4.69) is 16.9 Å². The minimum Gasteiger partial charge on any atom is -0.378 e. The van der Waals surface area contributed by atoms with Crippen LogP contribution in [0, 0.1) is 11.6 Å². The molecule has 1 aliphatic rings. The van der Waals surface area contributed by atoms with Crippen molar-refractivity contribution >= 4 is 0 Å². The molecule has 1 aliphatic carbocycles. The molecule has 2 aromatic carbocycles. The molecule has 0 aliphatic heterocycles. The van der Waals surface area contributed by atoms with E-state index >= 15 is 8.78 Å². The van der Waals surface area contributed by atoms with Gasteiger partial charge in [-0.1, -0.05) is 49.7 Å². The number of hydrogen-bond donors (Lipinski definition) is 0. The predicted octanol–water partition coefficient (Wildman–Crippen LogP) is 7.35. The topological polar surface area (TPSA) is 35.0 Å². The van der Waals surface area contributed by atoms with Crippen molar-refractivity contribution in [1.29, 1.82) is 0 Å². The van der Waals surface area contributed by atoms with Gasteiger partial charge >= 0.3 is 0 Å². The molecule has 1 heterocycles. The van der Waals surface area contributed by atoms with Crippen molar-refractivity contribution in [3.63, 3.8) is 0 Å². The molecule has 180 valence electrons. The molecule has 7 heteroatoms. The van der Waals surface area contributed by atoms with Gasteiger partial charge in [-0.3, -0.25) is 0 Å². The maximum atomic E-state index is 15.0. The maximum Gasteiger partial charge on any atom is 0.257 e. The Bertz CT molecular complexity index is 1120. The SMILES string of the molecule is CCCc1cnc(-c2ccc(-c3ccc(C4CCC(OCC)CC4(F)F)c(F)c3F)cc2)nc1. The Hall–Kier alpha value is -2.80. The van der Waals surface area contributed by atoms with Gasteiger partial charge in [-0.25, -0.2) is 27.5 Å². The monoisotopic (exact) mass is 472 g/mol. The number of halogens is 4. The molecule has 1 aromatic heterocycles. The highest BCUT2D eigenvalue weighted by Gasteiger charge is 2.47. The number of hydrogen-bond acceptors (Lipinski definition) is 3. The Balaban J connectivity index is 1.56. The van der Waals surface area contributed by atoms with Crippen molar-refractivity contribution in [1.82, 2.24) is 9.97 Å². The fourth-order valence-corrected chi connectivity index (χ4v) is 4.65. The third kappa shape index (κ3) is 4.99. The van der Waals surface area contributed by atoms with E-state index in [4.69, 9.17) is 4.74 Å². The van der Waals surface area contributed by atoms with Gasteiger partial charge in [-0.15, -0.1) is 0 Å². The van der Waals surface area contributed by atoms with Gasteiger partial charge in [0.2, 0.25) is 0 Å². The van der Waals surface area contributed by atoms with Crippen LogP contribution in [0.4, 0.5) is 17.6 Å². The summed E-state index contributed by atoms with van der Waals surface area (Å²) in [5.74, 6) is -6.33. The van der Waals surface area contributed by atoms with Crippen LogP contribution in [-0.2, 0) is 11.2 Å². The second-order valence-corrected chi connectivity index (χ2v) is 8.75. The van der Waals surface area contributed by atoms with Crippen LogP contribution in [0.25, 0.3) is 22.5 Å². The molecule has 2 unspecified atom stereocenters. The Morgan fingerprint density at radius 2 is 1.59 bits per heavy atom. The number of nitrogens with zero attached hydrogens (tertiary/aromatic N) is 2. The summed E-state index contributed by atoms with van der Waals surface area (Å²) in [5, 5.41) is 0. The van der Waals surface area contributed by atoms with Gasteiger partial charge in [-0.2, -0.15) is 0 Å². The summed E-state index contributed by atoms with van der Waals surface area (Å²) in [5.41, 5.74) is 1.99. The first-order valence-electron chi connectivity index (χ1n) is 11.7. The van der Waals surface area contributed by atoms with Crippen LogP contribution in [0.2, 0.25) is 0 Å². The third-order valence-electron chi connectivity index (χ3n) is 6.38. The molecular weight excluding hydrogens is 444 g/mol. The van der Waals surface area contributed by atoms with Gasteiger partial charge < -0.3 is 4.74 Å². The van der Waals surface area contributed by atoms with E-state index in [1.54, 1.807) is 43.6 Å². The quantitative estimate of drug-likeness (QED) is 0.337. The molecular formula is C27H28F4N2O. The third-order valence-corrected chi connectivity index (χ3v) is 6.38. The molecule has 2 atom stereocenters. The van der Waals surface area contributed by atoms with E-state index in [0.29, 0.717) is 24.4 Å². The minimum atomic E-state index is -3.17. The zero-order valence-electron chi connectivity index (χ0n) is 19.3. The lowest BCUT2D eigenvalue weighted by Gasteiger charge is -2.36. The lowest BCUT2D eigenvalue weighted by atomic mass is 9.79. The fourth-order valence-electron chi connectivity index (χ4n) is 4.65. The summed E-state index contributed by atoms with van der Waals surface area (Å²) >= 11 is 0. The zero-order valence-corrected chi connectivity index (χ0v) is 19.3. The lowest BCUT2D eigenvalue weighted by molar-refractivity contribution is -0.110. The second kappa shape index (κ2) is 10.2. The molecule has 34 heavy (non-hydrogen) atoms. The van der Waals surface area contributed by atoms with Gasteiger partial charge in [0.25, 0.3) is 5.92 Å². The van der Waals surface area contributed by atoms with E-state index in [0.717, 1.165) is 24.0 Å². The molecule has 3 aromatic rings. The molecule has 0 amide bonds. The van der Waals surface area contributed by atoms with Gasteiger partial charge in [0.15, 0.2) is 17.5 Å². The highest BCUT2D eigenvalue weighted by molar-refractivity contribution is 5.68. The van der Waals surface area contributed by atoms with Crippen molar-refractivity contribution in [2.45, 2.75) is 63.9 Å². The summed E-state index contributed by atoms with van der Waals surface area (Å²) in [6.07, 6.45) is 4.85. The Morgan fingerprint density at radius 3 is 2.21 bits per heavy atom. The van der Waals surface area contributed by atoms with E-state index < -0.39 is 36.0 Å². The fraction of sp³-hybridized carbons (Fsp3) is 0.407. The van der Waals surface area contributed by atoms with Crippen molar-refractivity contribution in [3.05, 3.63) is 71.6 Å². The Morgan fingerprint density at radius 1 is 0.912 bits per heavy atom. The van der Waals surface area contributed by atoms with Crippen molar-refractivity contribution < 1.29 is 22.3 Å². The smallest absolute Gasteiger partial charge is 0.257 e. The van der Waals surface area contributed by atoms with Crippen LogP contribution in [-0.4, -0.2) is 28.6 Å². The molecule has 3 nitrogen and oxygen atoms in total. The molecule has 0 N–H and O–H groups in total. The predicted molar refractivity (Wildman–Crippen MR) is 124 cm³/mol. The number of alkyl halides is 2. The number of aryl methyl sites for hydroxylation is 1. The minimum absolute atomic E-state index is 0.0262. The largest absolute Gasteiger partial charge is 0.378 e. The number of ether oxygens (including phenoxy) is 1. The summed E-state index contributed by atoms with van der Waals surface area (Å²) in [7, 11) is 0. The zero-order chi connectivity index (χ0) is 24.3. The average molecular weight is 473 g/mol. The molecule has 0 spiro atoms. The lowest BCUT2D eigenvalue weighted by Crippen LogP contribution is -2.38. The second-order valence-electron chi connectivity index (χ2n) is 8.75. The van der Waals surface area contributed by atoms with Gasteiger partial charge in [0.05, 0.1) is 12.0 Å². The van der Waals surface area contributed by atoms with E-state index in [1.807, 2.05) is 0 Å². The van der Waals surface area contributed by atoms with Crippen LogP contribution < -0.4 is 0 Å². The van der Waals surface area contributed by atoms with Crippen molar-refractivity contribution in [3.8, 4) is 22.5 Å². The van der Waals surface area contributed by atoms with Crippen LogP contribution in [0.15, 0.2) is 48.8 Å².